The van der Waals surface area contributed by atoms with Gasteiger partial charge in [-0.05, 0) is 46.5 Å². The Morgan fingerprint density at radius 3 is 2.79 bits per heavy atom. The molecule has 1 N–H and O–H groups in total. The molecule has 0 saturated heterocycles. The maximum atomic E-state index is 12.2. The second-order valence-corrected chi connectivity index (χ2v) is 6.15. The number of carbonyl (C=O) groups excluding carboxylic acids is 1. The van der Waals surface area contributed by atoms with Crippen molar-refractivity contribution in [2.75, 3.05) is 11.9 Å². The number of amides is 1. The zero-order chi connectivity index (χ0) is 16.4. The quantitative estimate of drug-likeness (QED) is 0.777. The molecule has 120 valence electrons. The zero-order valence-corrected chi connectivity index (χ0v) is 13.4. The van der Waals surface area contributed by atoms with Crippen LogP contribution in [0.25, 0.3) is 10.8 Å². The number of aryl methyl sites for hydroxylation is 1. The Morgan fingerprint density at radius 2 is 1.88 bits per heavy atom. The molecule has 3 aromatic rings. The van der Waals surface area contributed by atoms with Crippen molar-refractivity contribution in [1.29, 1.82) is 0 Å². The number of hydrogen-bond donors (Lipinski definition) is 1. The number of ether oxygens (including phenoxy) is 1. The third-order valence-electron chi connectivity index (χ3n) is 4.43. The van der Waals surface area contributed by atoms with Crippen LogP contribution in [0.4, 0.5) is 5.69 Å². The summed E-state index contributed by atoms with van der Waals surface area (Å²) in [6, 6.07) is 20.5. The van der Waals surface area contributed by atoms with Gasteiger partial charge in [0, 0.05) is 18.5 Å². The van der Waals surface area contributed by atoms with Gasteiger partial charge in [-0.15, -0.1) is 0 Å². The van der Waals surface area contributed by atoms with E-state index in [-0.39, 0.29) is 5.91 Å². The molecular formula is C21H19NO2. The number of hydrogen-bond acceptors (Lipinski definition) is 2. The van der Waals surface area contributed by atoms with Gasteiger partial charge >= 0.3 is 0 Å². The Balaban J connectivity index is 1.39. The third kappa shape index (κ3) is 3.11. The predicted octanol–water partition coefficient (Wildman–Crippen LogP) is 4.35. The van der Waals surface area contributed by atoms with Crippen LogP contribution in [0.5, 0.6) is 5.75 Å². The minimum Gasteiger partial charge on any atom is -0.493 e. The van der Waals surface area contributed by atoms with E-state index in [1.165, 1.54) is 21.9 Å². The highest BCUT2D eigenvalue weighted by molar-refractivity contribution is 5.91. The van der Waals surface area contributed by atoms with Crippen molar-refractivity contribution in [1.82, 2.24) is 0 Å². The molecule has 3 nitrogen and oxygen atoms in total. The summed E-state index contributed by atoms with van der Waals surface area (Å²) in [6.45, 7) is 0.731. The summed E-state index contributed by atoms with van der Waals surface area (Å²) in [6.07, 6.45) is 2.13. The molecule has 1 aliphatic rings. The average molecular weight is 317 g/mol. The molecule has 0 radical (unpaired) electrons. The first-order chi connectivity index (χ1) is 11.8. The van der Waals surface area contributed by atoms with E-state index >= 15 is 0 Å². The van der Waals surface area contributed by atoms with Gasteiger partial charge in [-0.25, -0.2) is 0 Å². The van der Waals surface area contributed by atoms with Crippen LogP contribution in [0.1, 0.15) is 17.5 Å². The lowest BCUT2D eigenvalue weighted by atomic mass is 10.0. The lowest BCUT2D eigenvalue weighted by molar-refractivity contribution is -0.116. The Morgan fingerprint density at radius 1 is 1.00 bits per heavy atom. The molecule has 4 rings (SSSR count). The molecular weight excluding hydrogens is 298 g/mol. The molecule has 24 heavy (non-hydrogen) atoms. The van der Waals surface area contributed by atoms with Gasteiger partial charge in [0.05, 0.1) is 6.61 Å². The van der Waals surface area contributed by atoms with Crippen LogP contribution >= 0.6 is 0 Å². The van der Waals surface area contributed by atoms with Crippen molar-refractivity contribution in [3.63, 3.8) is 0 Å². The molecule has 1 aliphatic heterocycles. The molecule has 3 aromatic carbocycles. The number of nitrogens with one attached hydrogen (secondary N) is 1. The maximum absolute atomic E-state index is 12.2. The molecule has 0 bridgehead atoms. The van der Waals surface area contributed by atoms with Gasteiger partial charge < -0.3 is 10.1 Å². The summed E-state index contributed by atoms with van der Waals surface area (Å²) in [5, 5.41) is 5.43. The number of anilines is 1. The smallest absolute Gasteiger partial charge is 0.224 e. The lowest BCUT2D eigenvalue weighted by Gasteiger charge is -2.07. The van der Waals surface area contributed by atoms with Crippen molar-refractivity contribution in [2.24, 2.45) is 0 Å². The molecule has 0 saturated carbocycles. The van der Waals surface area contributed by atoms with Crippen molar-refractivity contribution in [2.45, 2.75) is 19.3 Å². The monoisotopic (exact) mass is 317 g/mol. The van der Waals surface area contributed by atoms with Crippen molar-refractivity contribution >= 4 is 22.4 Å². The van der Waals surface area contributed by atoms with Crippen molar-refractivity contribution in [3.8, 4) is 5.75 Å². The summed E-state index contributed by atoms with van der Waals surface area (Å²) >= 11 is 0. The van der Waals surface area contributed by atoms with Crippen molar-refractivity contribution in [3.05, 3.63) is 71.8 Å². The number of benzene rings is 3. The second kappa shape index (κ2) is 6.36. The van der Waals surface area contributed by atoms with E-state index in [0.717, 1.165) is 30.9 Å². The van der Waals surface area contributed by atoms with Gasteiger partial charge in [-0.3, -0.25) is 4.79 Å². The van der Waals surface area contributed by atoms with Crippen molar-refractivity contribution < 1.29 is 9.53 Å². The van der Waals surface area contributed by atoms with Gasteiger partial charge in [-0.2, -0.15) is 0 Å². The van der Waals surface area contributed by atoms with E-state index in [9.17, 15) is 4.79 Å². The van der Waals surface area contributed by atoms with Crippen LogP contribution in [0.15, 0.2) is 60.7 Å². The van der Waals surface area contributed by atoms with E-state index in [1.807, 2.05) is 30.3 Å². The highest BCUT2D eigenvalue weighted by Crippen LogP contribution is 2.28. The molecule has 0 aliphatic carbocycles. The molecule has 1 amide bonds. The maximum Gasteiger partial charge on any atom is 0.224 e. The fourth-order valence-corrected chi connectivity index (χ4v) is 3.14. The first-order valence-electron chi connectivity index (χ1n) is 8.31. The van der Waals surface area contributed by atoms with Crippen LogP contribution in [-0.2, 0) is 17.6 Å². The molecule has 0 fully saturated rings. The fourth-order valence-electron chi connectivity index (χ4n) is 3.14. The van der Waals surface area contributed by atoms with Crippen LogP contribution in [-0.4, -0.2) is 12.5 Å². The van der Waals surface area contributed by atoms with E-state index in [2.05, 4.69) is 35.6 Å². The molecule has 0 spiro atoms. The number of rotatable bonds is 4. The molecule has 0 aromatic heterocycles. The summed E-state index contributed by atoms with van der Waals surface area (Å²) in [4.78, 5) is 12.2. The number of fused-ring (bicyclic) bond motifs is 2. The van der Waals surface area contributed by atoms with Gasteiger partial charge in [0.15, 0.2) is 0 Å². The first kappa shape index (κ1) is 14.8. The number of carbonyl (C=O) groups is 1. The molecule has 0 atom stereocenters. The minimum atomic E-state index is 0.0435. The Hall–Kier alpha value is -2.81. The Labute approximate surface area is 141 Å². The predicted molar refractivity (Wildman–Crippen MR) is 96.5 cm³/mol. The van der Waals surface area contributed by atoms with E-state index < -0.39 is 0 Å². The topological polar surface area (TPSA) is 38.3 Å². The standard InChI is InChI=1S/C21H19NO2/c23-21(22-19-8-9-20-18(14-19)11-12-24-20)10-6-15-5-7-16-3-1-2-4-17(16)13-15/h1-5,7-9,13-14H,6,10-12H2,(H,22,23). The highest BCUT2D eigenvalue weighted by atomic mass is 16.5. The SMILES string of the molecule is O=C(CCc1ccc2ccccc2c1)Nc1ccc2c(c1)CCO2. The largest absolute Gasteiger partial charge is 0.493 e. The second-order valence-electron chi connectivity index (χ2n) is 6.15. The molecule has 3 heteroatoms. The Kier molecular flexibility index (Phi) is 3.91. The third-order valence-corrected chi connectivity index (χ3v) is 4.43. The van der Waals surface area contributed by atoms with Crippen LogP contribution in [0.2, 0.25) is 0 Å². The van der Waals surface area contributed by atoms with Crippen LogP contribution in [0, 0.1) is 0 Å². The van der Waals surface area contributed by atoms with Crippen LogP contribution < -0.4 is 10.1 Å². The summed E-state index contributed by atoms with van der Waals surface area (Å²) in [5.74, 6) is 0.978. The van der Waals surface area contributed by atoms with E-state index in [1.54, 1.807) is 0 Å². The molecule has 1 heterocycles. The summed E-state index contributed by atoms with van der Waals surface area (Å²) in [5.41, 5.74) is 3.20. The fraction of sp³-hybridized carbons (Fsp3) is 0.190. The lowest BCUT2D eigenvalue weighted by Crippen LogP contribution is -2.12. The first-order valence-corrected chi connectivity index (χ1v) is 8.31. The van der Waals surface area contributed by atoms with Gasteiger partial charge in [0.1, 0.15) is 5.75 Å². The highest BCUT2D eigenvalue weighted by Gasteiger charge is 2.13. The van der Waals surface area contributed by atoms with E-state index in [0.29, 0.717) is 6.42 Å². The van der Waals surface area contributed by atoms with Gasteiger partial charge in [0.2, 0.25) is 5.91 Å². The Bertz CT molecular complexity index is 901. The zero-order valence-electron chi connectivity index (χ0n) is 13.4. The average Bonchev–Trinajstić information content (AvgIpc) is 3.07. The minimum absolute atomic E-state index is 0.0435. The van der Waals surface area contributed by atoms with E-state index in [4.69, 9.17) is 4.74 Å². The van der Waals surface area contributed by atoms with Gasteiger partial charge in [0.25, 0.3) is 0 Å². The normalized spacial score (nSPS) is 12.7. The van der Waals surface area contributed by atoms with Gasteiger partial charge in [-0.1, -0.05) is 42.5 Å². The van der Waals surface area contributed by atoms with Crippen LogP contribution in [0.3, 0.4) is 0 Å². The summed E-state index contributed by atoms with van der Waals surface area (Å²) in [7, 11) is 0. The summed E-state index contributed by atoms with van der Waals surface area (Å²) < 4.78 is 5.49. The molecule has 0 unspecified atom stereocenters.